The predicted molar refractivity (Wildman–Crippen MR) is 109 cm³/mol. The van der Waals surface area contributed by atoms with Crippen LogP contribution in [0.15, 0.2) is 0 Å². The third kappa shape index (κ3) is 4.98. The number of halogens is 3. The third-order valence-electron chi connectivity index (χ3n) is 6.96. The van der Waals surface area contributed by atoms with Crippen LogP contribution in [0.1, 0.15) is 72.1 Å². The van der Waals surface area contributed by atoms with E-state index in [4.69, 9.17) is 4.74 Å². The molecule has 0 unspecified atom stereocenters. The summed E-state index contributed by atoms with van der Waals surface area (Å²) < 4.78 is 48.2. The monoisotopic (exact) mass is 462 g/mol. The lowest BCUT2D eigenvalue weighted by Crippen LogP contribution is -2.62. The number of fused-ring (bicyclic) bond motifs is 1. The van der Waals surface area contributed by atoms with Crippen molar-refractivity contribution in [1.29, 1.82) is 0 Å². The minimum atomic E-state index is -4.74. The average molecular weight is 463 g/mol. The van der Waals surface area contributed by atoms with Gasteiger partial charge in [-0.25, -0.2) is 9.59 Å². The maximum absolute atomic E-state index is 14.4. The van der Waals surface area contributed by atoms with Gasteiger partial charge in [0.05, 0.1) is 5.92 Å². The van der Waals surface area contributed by atoms with E-state index in [1.165, 1.54) is 0 Å². The molecule has 3 aliphatic rings. The van der Waals surface area contributed by atoms with Gasteiger partial charge in [0, 0.05) is 6.54 Å². The van der Waals surface area contributed by atoms with Crippen LogP contribution in [-0.2, 0) is 14.3 Å². The molecule has 0 spiro atoms. The highest BCUT2D eigenvalue weighted by Crippen LogP contribution is 2.55. The second-order valence-corrected chi connectivity index (χ2v) is 10.4. The first-order chi connectivity index (χ1) is 14.8. The van der Waals surface area contributed by atoms with Gasteiger partial charge in [-0.05, 0) is 64.7 Å². The molecule has 2 saturated carbocycles. The maximum atomic E-state index is 14.4. The van der Waals surface area contributed by atoms with Gasteiger partial charge in [-0.15, -0.1) is 0 Å². The summed E-state index contributed by atoms with van der Waals surface area (Å²) >= 11 is 0. The van der Waals surface area contributed by atoms with Crippen LogP contribution in [0.3, 0.4) is 0 Å². The molecule has 32 heavy (non-hydrogen) atoms. The average Bonchev–Trinajstić information content (AvgIpc) is 3.41. The molecule has 10 heteroatoms. The van der Waals surface area contributed by atoms with Crippen molar-refractivity contribution in [2.24, 2.45) is 17.8 Å². The molecular weight excluding hydrogens is 429 g/mol. The predicted octanol–water partition coefficient (Wildman–Crippen LogP) is 4.10. The summed E-state index contributed by atoms with van der Waals surface area (Å²) in [6.45, 7) is 4.78. The molecule has 2 amide bonds. The van der Waals surface area contributed by atoms with E-state index in [2.05, 4.69) is 5.32 Å². The number of amides is 2. The van der Waals surface area contributed by atoms with Crippen LogP contribution in [0.5, 0.6) is 0 Å². The fourth-order valence-electron chi connectivity index (χ4n) is 5.50. The van der Waals surface area contributed by atoms with Gasteiger partial charge < -0.3 is 20.1 Å². The molecule has 182 valence electrons. The number of nitrogens with one attached hydrogen (secondary N) is 1. The number of aliphatic carboxylic acids is 1. The van der Waals surface area contributed by atoms with E-state index in [1.807, 2.05) is 0 Å². The second kappa shape index (κ2) is 8.74. The second-order valence-electron chi connectivity index (χ2n) is 10.4. The van der Waals surface area contributed by atoms with Gasteiger partial charge in [-0.1, -0.05) is 19.3 Å². The zero-order valence-corrected chi connectivity index (χ0v) is 18.8. The number of hydrogen-bond acceptors (Lipinski definition) is 4. The number of carboxylic acid groups (broad SMARTS) is 1. The van der Waals surface area contributed by atoms with Gasteiger partial charge >= 0.3 is 18.2 Å². The van der Waals surface area contributed by atoms with Gasteiger partial charge in [0.15, 0.2) is 0 Å². The number of nitrogens with zero attached hydrogens (tertiary/aromatic N) is 1. The summed E-state index contributed by atoms with van der Waals surface area (Å²) in [7, 11) is 0. The van der Waals surface area contributed by atoms with Crippen molar-refractivity contribution in [3.8, 4) is 0 Å². The molecule has 7 nitrogen and oxygen atoms in total. The number of alkyl halides is 3. The Balaban J connectivity index is 1.96. The van der Waals surface area contributed by atoms with Gasteiger partial charge in [0.1, 0.15) is 17.2 Å². The van der Waals surface area contributed by atoms with Crippen LogP contribution in [0, 0.1) is 17.8 Å². The van der Waals surface area contributed by atoms with Gasteiger partial charge in [-0.3, -0.25) is 4.79 Å². The summed E-state index contributed by atoms with van der Waals surface area (Å²) in [5, 5.41) is 12.0. The molecule has 1 saturated heterocycles. The van der Waals surface area contributed by atoms with Crippen molar-refractivity contribution < 1.29 is 37.4 Å². The number of hydrogen-bond donors (Lipinski definition) is 2. The molecule has 0 aromatic heterocycles. The Morgan fingerprint density at radius 1 is 1.06 bits per heavy atom. The number of likely N-dealkylation sites (tertiary alicyclic amines) is 1. The summed E-state index contributed by atoms with van der Waals surface area (Å²) in [6, 6.07) is -1.93. The molecule has 2 aliphatic carbocycles. The Bertz CT molecular complexity index is 745. The van der Waals surface area contributed by atoms with E-state index in [0.29, 0.717) is 38.5 Å². The Morgan fingerprint density at radius 2 is 1.69 bits per heavy atom. The number of carboxylic acids is 1. The highest BCUT2D eigenvalue weighted by molar-refractivity contribution is 5.94. The van der Waals surface area contributed by atoms with E-state index >= 15 is 0 Å². The first-order valence-corrected chi connectivity index (χ1v) is 11.4. The quantitative estimate of drug-likeness (QED) is 0.641. The van der Waals surface area contributed by atoms with Gasteiger partial charge in [0.25, 0.3) is 0 Å². The number of carbonyl (C=O) groups excluding carboxylic acids is 2. The van der Waals surface area contributed by atoms with Crippen molar-refractivity contribution in [3.63, 3.8) is 0 Å². The lowest BCUT2D eigenvalue weighted by molar-refractivity contribution is -0.204. The fraction of sp³-hybridized carbons (Fsp3) is 0.864. The summed E-state index contributed by atoms with van der Waals surface area (Å²) in [6.07, 6.45) is -1.82. The molecule has 4 atom stereocenters. The standard InChI is InChI=1S/C22H33F3N2O5/c1-20(2,3)32-19(31)26-16(15(22(23,24)25)13-8-5-4-6-9-13)17(28)27-11-7-10-14-12-21(14,27)18(29)30/h13-16H,4-12H2,1-3H3,(H,26,31)(H,29,30)/t14-,15+,16-,21+/m1/s1. The maximum Gasteiger partial charge on any atom is 0.408 e. The molecule has 2 N–H and O–H groups in total. The zero-order chi connectivity index (χ0) is 23.9. The van der Waals surface area contributed by atoms with Crippen molar-refractivity contribution in [2.75, 3.05) is 6.54 Å². The number of piperidine rings is 1. The number of alkyl carbamates (subject to hydrolysis) is 1. The van der Waals surface area contributed by atoms with E-state index in [0.717, 1.165) is 11.3 Å². The van der Waals surface area contributed by atoms with E-state index < -0.39 is 53.2 Å². The van der Waals surface area contributed by atoms with Crippen LogP contribution in [0.2, 0.25) is 0 Å². The third-order valence-corrected chi connectivity index (χ3v) is 6.96. The smallest absolute Gasteiger partial charge is 0.408 e. The van der Waals surface area contributed by atoms with Crippen molar-refractivity contribution in [3.05, 3.63) is 0 Å². The highest BCUT2D eigenvalue weighted by Gasteiger charge is 2.68. The molecule has 1 aliphatic heterocycles. The van der Waals surface area contributed by atoms with Crippen molar-refractivity contribution >= 4 is 18.0 Å². The highest BCUT2D eigenvalue weighted by atomic mass is 19.4. The zero-order valence-electron chi connectivity index (χ0n) is 18.8. The molecule has 3 fully saturated rings. The van der Waals surface area contributed by atoms with Crippen molar-refractivity contribution in [1.82, 2.24) is 10.2 Å². The Morgan fingerprint density at radius 3 is 2.22 bits per heavy atom. The Kier molecular flexibility index (Phi) is 6.73. The normalized spacial score (nSPS) is 28.3. The van der Waals surface area contributed by atoms with Crippen LogP contribution in [0.4, 0.5) is 18.0 Å². The molecule has 0 aromatic carbocycles. The Labute approximate surface area is 186 Å². The first kappa shape index (κ1) is 24.6. The molecule has 0 aromatic rings. The van der Waals surface area contributed by atoms with Gasteiger partial charge in [0.2, 0.25) is 5.91 Å². The van der Waals surface area contributed by atoms with E-state index in [1.54, 1.807) is 20.8 Å². The van der Waals surface area contributed by atoms with Crippen LogP contribution >= 0.6 is 0 Å². The van der Waals surface area contributed by atoms with Crippen LogP contribution in [-0.4, -0.2) is 57.9 Å². The lowest BCUT2D eigenvalue weighted by atomic mass is 9.75. The summed E-state index contributed by atoms with van der Waals surface area (Å²) in [4.78, 5) is 39.1. The topological polar surface area (TPSA) is 95.9 Å². The summed E-state index contributed by atoms with van der Waals surface area (Å²) in [5.41, 5.74) is -2.43. The van der Waals surface area contributed by atoms with Crippen LogP contribution < -0.4 is 5.32 Å². The fourth-order valence-corrected chi connectivity index (χ4v) is 5.50. The Hall–Kier alpha value is -2.00. The van der Waals surface area contributed by atoms with Crippen LogP contribution in [0.25, 0.3) is 0 Å². The molecule has 1 heterocycles. The SMILES string of the molecule is CC(C)(C)OC(=O)N[C@@H](C(=O)N1CCC[C@@H]2C[C@@]21C(=O)O)[C@H](C1CCCCC1)C(F)(F)F. The molecule has 3 rings (SSSR count). The number of carbonyl (C=O) groups is 3. The van der Waals surface area contributed by atoms with Crippen molar-refractivity contribution in [2.45, 2.75) is 95.5 Å². The first-order valence-electron chi connectivity index (χ1n) is 11.4. The lowest BCUT2D eigenvalue weighted by Gasteiger charge is -2.41. The number of rotatable bonds is 5. The van der Waals surface area contributed by atoms with E-state index in [9.17, 15) is 32.7 Å². The summed E-state index contributed by atoms with van der Waals surface area (Å²) in [5.74, 6) is -5.37. The molecule has 0 radical (unpaired) electrons. The largest absolute Gasteiger partial charge is 0.479 e. The van der Waals surface area contributed by atoms with Gasteiger partial charge in [-0.2, -0.15) is 13.2 Å². The van der Waals surface area contributed by atoms with E-state index in [-0.39, 0.29) is 18.9 Å². The minimum Gasteiger partial charge on any atom is -0.479 e. The number of ether oxygens (including phenoxy) is 1. The molecular formula is C22H33F3N2O5. The minimum absolute atomic E-state index is 0.0589. The molecule has 0 bridgehead atoms.